The lowest BCUT2D eigenvalue weighted by molar-refractivity contribution is 0.305. The highest BCUT2D eigenvalue weighted by molar-refractivity contribution is 9.10. The summed E-state index contributed by atoms with van der Waals surface area (Å²) in [7, 11) is 0. The minimum atomic E-state index is -0.0619. The van der Waals surface area contributed by atoms with Crippen molar-refractivity contribution in [3.05, 3.63) is 103 Å². The molecule has 2 aromatic heterocycles. The van der Waals surface area contributed by atoms with E-state index in [4.69, 9.17) is 4.74 Å². The summed E-state index contributed by atoms with van der Waals surface area (Å²) in [5, 5.41) is 0. The third-order valence-corrected chi connectivity index (χ3v) is 6.38. The highest BCUT2D eigenvalue weighted by Gasteiger charge is 2.11. The topological polar surface area (TPSA) is 43.6 Å². The van der Waals surface area contributed by atoms with Gasteiger partial charge < -0.3 is 4.74 Å². The maximum atomic E-state index is 13.1. The van der Waals surface area contributed by atoms with E-state index < -0.39 is 0 Å². The van der Waals surface area contributed by atoms with Crippen molar-refractivity contribution in [2.75, 3.05) is 0 Å². The maximum Gasteiger partial charge on any atom is 0.274 e. The maximum absolute atomic E-state index is 13.1. The predicted octanol–water partition coefficient (Wildman–Crippen LogP) is 5.11. The summed E-state index contributed by atoms with van der Waals surface area (Å²) in [6.07, 6.45) is 1.88. The smallest absolute Gasteiger partial charge is 0.274 e. The monoisotopic (exact) mass is 476 g/mol. The number of ether oxygens (including phenoxy) is 1. The lowest BCUT2D eigenvalue weighted by Crippen LogP contribution is -2.22. The Morgan fingerprint density at radius 2 is 1.90 bits per heavy atom. The molecule has 0 aliphatic heterocycles. The zero-order valence-corrected chi connectivity index (χ0v) is 18.5. The fourth-order valence-corrected chi connectivity index (χ4v) is 4.72. The Kier molecular flexibility index (Phi) is 4.89. The van der Waals surface area contributed by atoms with Gasteiger partial charge in [0, 0.05) is 10.0 Å². The number of hydrogen-bond acceptors (Lipinski definition) is 4. The van der Waals surface area contributed by atoms with Gasteiger partial charge in [-0.05, 0) is 48.9 Å². The molecule has 0 unspecified atom stereocenters. The van der Waals surface area contributed by atoms with E-state index in [-0.39, 0.29) is 5.56 Å². The molecule has 5 rings (SSSR count). The van der Waals surface area contributed by atoms with Crippen LogP contribution in [0.2, 0.25) is 0 Å². The Labute approximate surface area is 185 Å². The second kappa shape index (κ2) is 7.70. The average molecular weight is 477 g/mol. The van der Waals surface area contributed by atoms with Gasteiger partial charge in [0.05, 0.1) is 15.6 Å². The van der Waals surface area contributed by atoms with Crippen molar-refractivity contribution in [2.24, 2.45) is 0 Å². The average Bonchev–Trinajstić information content (AvgIpc) is 3.25. The summed E-state index contributed by atoms with van der Waals surface area (Å²) in [5.74, 6) is 0.731. The number of para-hydroxylation sites is 2. The van der Waals surface area contributed by atoms with Crippen molar-refractivity contribution in [3.63, 3.8) is 0 Å². The molecule has 0 aliphatic rings. The van der Waals surface area contributed by atoms with Gasteiger partial charge in [-0.25, -0.2) is 9.38 Å². The van der Waals surface area contributed by atoms with Crippen LogP contribution >= 0.6 is 27.3 Å². The first kappa shape index (κ1) is 19.0. The quantitative estimate of drug-likeness (QED) is 0.362. The Morgan fingerprint density at radius 1 is 1.10 bits per heavy atom. The van der Waals surface area contributed by atoms with Crippen molar-refractivity contribution >= 4 is 49.3 Å². The Bertz CT molecular complexity index is 1490. The van der Waals surface area contributed by atoms with E-state index in [1.165, 1.54) is 16.9 Å². The molecule has 0 aliphatic carbocycles. The summed E-state index contributed by atoms with van der Waals surface area (Å²) < 4.78 is 9.31. The molecule has 30 heavy (non-hydrogen) atoms. The number of nitrogens with zero attached hydrogens (tertiary/aromatic N) is 2. The van der Waals surface area contributed by atoms with Gasteiger partial charge in [-0.3, -0.25) is 4.79 Å². The molecule has 5 aromatic rings. The molecule has 0 saturated heterocycles. The molecule has 0 saturated carbocycles. The van der Waals surface area contributed by atoms with Crippen LogP contribution in [0.25, 0.3) is 22.1 Å². The molecule has 4 nitrogen and oxygen atoms in total. The van der Waals surface area contributed by atoms with E-state index in [0.717, 1.165) is 32.4 Å². The molecule has 0 radical (unpaired) electrons. The van der Waals surface area contributed by atoms with Crippen LogP contribution in [0.5, 0.6) is 5.75 Å². The zero-order chi connectivity index (χ0) is 20.7. The van der Waals surface area contributed by atoms with Gasteiger partial charge in [0.2, 0.25) is 0 Å². The zero-order valence-electron chi connectivity index (χ0n) is 16.1. The molecular formula is C24H17BrN2O2S. The molecule has 0 amide bonds. The van der Waals surface area contributed by atoms with E-state index >= 15 is 0 Å². The molecule has 2 heterocycles. The van der Waals surface area contributed by atoms with Gasteiger partial charge >= 0.3 is 0 Å². The summed E-state index contributed by atoms with van der Waals surface area (Å²) in [6.45, 7) is 2.53. The van der Waals surface area contributed by atoms with Crippen molar-refractivity contribution in [3.8, 4) is 5.75 Å². The molecular weight excluding hydrogens is 460 g/mol. The first-order chi connectivity index (χ1) is 14.6. The van der Waals surface area contributed by atoms with E-state index in [2.05, 4.69) is 52.1 Å². The van der Waals surface area contributed by atoms with E-state index in [1.807, 2.05) is 48.5 Å². The van der Waals surface area contributed by atoms with Crippen LogP contribution in [0.4, 0.5) is 0 Å². The number of rotatable bonds is 4. The van der Waals surface area contributed by atoms with Crippen LogP contribution < -0.4 is 14.8 Å². The fourth-order valence-electron chi connectivity index (χ4n) is 3.36. The highest BCUT2D eigenvalue weighted by Crippen LogP contribution is 2.25. The Morgan fingerprint density at radius 3 is 2.73 bits per heavy atom. The van der Waals surface area contributed by atoms with E-state index in [0.29, 0.717) is 16.1 Å². The number of hydrogen-bond donors (Lipinski definition) is 0. The Hall–Kier alpha value is -2.96. The third kappa shape index (κ3) is 3.53. The van der Waals surface area contributed by atoms with Gasteiger partial charge in [0.15, 0.2) is 4.96 Å². The number of halogens is 1. The van der Waals surface area contributed by atoms with Crippen molar-refractivity contribution < 1.29 is 4.74 Å². The number of benzene rings is 3. The number of aromatic nitrogens is 2. The lowest BCUT2D eigenvalue weighted by Gasteiger charge is -2.10. The molecule has 148 valence electrons. The largest absolute Gasteiger partial charge is 0.488 e. The minimum absolute atomic E-state index is 0.0619. The fraction of sp³-hybridized carbons (Fsp3) is 0.0833. The normalized spacial score (nSPS) is 12.1. The van der Waals surface area contributed by atoms with Gasteiger partial charge in [-0.2, -0.15) is 0 Å². The van der Waals surface area contributed by atoms with Crippen molar-refractivity contribution in [2.45, 2.75) is 13.5 Å². The Balaban J connectivity index is 1.56. The second-order valence-corrected chi connectivity index (χ2v) is 9.02. The summed E-state index contributed by atoms with van der Waals surface area (Å²) in [4.78, 5) is 18.3. The number of fused-ring (bicyclic) bond motifs is 3. The number of thiazole rings is 1. The van der Waals surface area contributed by atoms with Gasteiger partial charge in [-0.15, -0.1) is 0 Å². The highest BCUT2D eigenvalue weighted by atomic mass is 79.9. The first-order valence-electron chi connectivity index (χ1n) is 9.48. The predicted molar refractivity (Wildman–Crippen MR) is 125 cm³/mol. The second-order valence-electron chi connectivity index (χ2n) is 7.09. The summed E-state index contributed by atoms with van der Waals surface area (Å²) in [6, 6.07) is 21.8. The lowest BCUT2D eigenvalue weighted by atomic mass is 10.1. The minimum Gasteiger partial charge on any atom is -0.488 e. The van der Waals surface area contributed by atoms with E-state index in [1.54, 1.807) is 4.40 Å². The van der Waals surface area contributed by atoms with Crippen LogP contribution in [0, 0.1) is 6.92 Å². The standard InChI is InChI=1S/C24H17BrN2O2S/c1-15-6-8-16(9-7-15)14-29-21-11-10-18(25)12-17(21)13-22-23(28)27-20-5-3-2-4-19(20)26-24(27)30-22/h2-13H,14H2,1H3/b22-13+. The molecule has 0 spiro atoms. The summed E-state index contributed by atoms with van der Waals surface area (Å²) in [5.41, 5.74) is 4.76. The molecule has 0 fully saturated rings. The summed E-state index contributed by atoms with van der Waals surface area (Å²) >= 11 is 4.91. The SMILES string of the molecule is Cc1ccc(COc2ccc(Br)cc2/C=c2/sc3nc4ccccc4n3c2=O)cc1. The van der Waals surface area contributed by atoms with Crippen LogP contribution in [0.15, 0.2) is 76.0 Å². The van der Waals surface area contributed by atoms with Crippen molar-refractivity contribution in [1.29, 1.82) is 0 Å². The van der Waals surface area contributed by atoms with Crippen LogP contribution in [-0.4, -0.2) is 9.38 Å². The molecule has 6 heteroatoms. The van der Waals surface area contributed by atoms with Gasteiger partial charge in [0.25, 0.3) is 5.56 Å². The number of aryl methyl sites for hydroxylation is 1. The van der Waals surface area contributed by atoms with Crippen LogP contribution in [0.1, 0.15) is 16.7 Å². The molecule has 3 aromatic carbocycles. The van der Waals surface area contributed by atoms with Gasteiger partial charge in [-0.1, -0.05) is 69.2 Å². The van der Waals surface area contributed by atoms with E-state index in [9.17, 15) is 4.79 Å². The van der Waals surface area contributed by atoms with Crippen LogP contribution in [0.3, 0.4) is 0 Å². The van der Waals surface area contributed by atoms with Crippen LogP contribution in [-0.2, 0) is 6.61 Å². The third-order valence-electron chi connectivity index (χ3n) is 4.92. The number of imidazole rings is 1. The molecule has 0 N–H and O–H groups in total. The molecule has 0 atom stereocenters. The first-order valence-corrected chi connectivity index (χ1v) is 11.1. The van der Waals surface area contributed by atoms with Crippen molar-refractivity contribution in [1.82, 2.24) is 9.38 Å². The van der Waals surface area contributed by atoms with Gasteiger partial charge in [0.1, 0.15) is 12.4 Å². The molecule has 0 bridgehead atoms.